The van der Waals surface area contributed by atoms with Crippen LogP contribution in [-0.2, 0) is 28.7 Å². The van der Waals surface area contributed by atoms with E-state index >= 15 is 0 Å². The van der Waals surface area contributed by atoms with Crippen molar-refractivity contribution in [3.05, 3.63) is 0 Å². The molecule has 3 fully saturated rings. The Morgan fingerprint density at radius 3 is 2.39 bits per heavy atom. The lowest BCUT2D eigenvalue weighted by Crippen LogP contribution is -2.58. The van der Waals surface area contributed by atoms with Crippen LogP contribution in [0.25, 0.3) is 0 Å². The largest absolute Gasteiger partial charge is 0.522 e. The normalized spacial score (nSPS) is 26.2. The van der Waals surface area contributed by atoms with Crippen LogP contribution in [0.5, 0.6) is 0 Å². The number of ether oxygens (including phenoxy) is 1. The molecule has 3 N–H and O–H groups in total. The summed E-state index contributed by atoms with van der Waals surface area (Å²) < 4.78 is 67.6. The van der Waals surface area contributed by atoms with E-state index in [2.05, 4.69) is 15.4 Å². The standard InChI is InChI=1S/C23H31F5N4O6/c1-22(2,21(24)25)31-19(36)20(37)32-9-12-4-3-5-13(12)16(32)18(35)30-14(8-11-6-7-29-17(11)34)15(33)10-38-23(26,27)28/h11-14,16,21H,3-10H2,1-2H3,(H,29,34)(H,30,35)(H,31,36)/t11-,12-,13-,14?,16-/m0/s1. The van der Waals surface area contributed by atoms with Gasteiger partial charge in [0.05, 0.1) is 11.6 Å². The SMILES string of the molecule is CC(C)(NC(=O)C(=O)N1C[C@@H]2CCC[C@@H]2[C@H]1C(=O)NC(C[C@@H]1CCNC1=O)C(=O)COC(F)(F)F)C(F)F. The number of likely N-dealkylation sites (tertiary alicyclic amines) is 1. The van der Waals surface area contributed by atoms with Crippen molar-refractivity contribution in [1.82, 2.24) is 20.9 Å². The fourth-order valence-corrected chi connectivity index (χ4v) is 5.32. The molecule has 0 aromatic heterocycles. The van der Waals surface area contributed by atoms with E-state index in [9.17, 15) is 45.9 Å². The molecule has 0 aromatic carbocycles. The maximum Gasteiger partial charge on any atom is 0.522 e. The molecular formula is C23H31F5N4O6. The number of hydrogen-bond acceptors (Lipinski definition) is 6. The van der Waals surface area contributed by atoms with Crippen LogP contribution < -0.4 is 16.0 Å². The highest BCUT2D eigenvalue weighted by Crippen LogP contribution is 2.42. The molecule has 15 heteroatoms. The third kappa shape index (κ3) is 6.97. The maximum absolute atomic E-state index is 13.4. The second kappa shape index (κ2) is 11.5. The molecule has 4 amide bonds. The van der Waals surface area contributed by atoms with E-state index in [1.807, 2.05) is 5.32 Å². The molecule has 1 unspecified atom stereocenters. The van der Waals surface area contributed by atoms with Crippen LogP contribution in [0.4, 0.5) is 22.0 Å². The Hall–Kier alpha value is -2.84. The Balaban J connectivity index is 1.79. The van der Waals surface area contributed by atoms with Gasteiger partial charge in [0.2, 0.25) is 11.8 Å². The van der Waals surface area contributed by atoms with Crippen molar-refractivity contribution in [2.24, 2.45) is 17.8 Å². The first kappa shape index (κ1) is 29.7. The van der Waals surface area contributed by atoms with Gasteiger partial charge in [0.25, 0.3) is 6.43 Å². The Bertz CT molecular complexity index is 959. The highest BCUT2D eigenvalue weighted by atomic mass is 19.4. The lowest BCUT2D eigenvalue weighted by atomic mass is 9.92. The summed E-state index contributed by atoms with van der Waals surface area (Å²) >= 11 is 0. The van der Waals surface area contributed by atoms with E-state index in [1.54, 1.807) is 0 Å². The van der Waals surface area contributed by atoms with Gasteiger partial charge < -0.3 is 20.9 Å². The number of carbonyl (C=O) groups is 5. The van der Waals surface area contributed by atoms with Crippen molar-refractivity contribution >= 4 is 29.4 Å². The lowest BCUT2D eigenvalue weighted by molar-refractivity contribution is -0.321. The average Bonchev–Trinajstić information content (AvgIpc) is 3.51. The fourth-order valence-electron chi connectivity index (χ4n) is 5.32. The van der Waals surface area contributed by atoms with Gasteiger partial charge in [-0.15, -0.1) is 13.2 Å². The summed E-state index contributed by atoms with van der Waals surface area (Å²) in [4.78, 5) is 64.5. The second-order valence-corrected chi connectivity index (χ2v) is 10.5. The zero-order chi connectivity index (χ0) is 28.4. The first-order valence-electron chi connectivity index (χ1n) is 12.3. The van der Waals surface area contributed by atoms with E-state index < -0.39 is 78.3 Å². The first-order chi connectivity index (χ1) is 17.6. The van der Waals surface area contributed by atoms with E-state index in [1.165, 1.54) is 0 Å². The van der Waals surface area contributed by atoms with E-state index in [4.69, 9.17) is 0 Å². The predicted octanol–water partition coefficient (Wildman–Crippen LogP) is 0.890. The predicted molar refractivity (Wildman–Crippen MR) is 119 cm³/mol. The van der Waals surface area contributed by atoms with Crippen LogP contribution in [0.15, 0.2) is 0 Å². The quantitative estimate of drug-likeness (QED) is 0.286. The number of hydrogen-bond donors (Lipinski definition) is 3. The van der Waals surface area contributed by atoms with Gasteiger partial charge in [-0.3, -0.25) is 28.7 Å². The lowest BCUT2D eigenvalue weighted by Gasteiger charge is -2.30. The van der Waals surface area contributed by atoms with Crippen molar-refractivity contribution < 1.29 is 50.7 Å². The van der Waals surface area contributed by atoms with Crippen molar-refractivity contribution in [3.8, 4) is 0 Å². The minimum absolute atomic E-state index is 0.00490. The third-order valence-corrected chi connectivity index (χ3v) is 7.36. The summed E-state index contributed by atoms with van der Waals surface area (Å²) in [5.74, 6) is -6.24. The van der Waals surface area contributed by atoms with Gasteiger partial charge in [-0.05, 0) is 51.4 Å². The molecule has 10 nitrogen and oxygen atoms in total. The van der Waals surface area contributed by atoms with Gasteiger partial charge in [-0.1, -0.05) is 6.42 Å². The Morgan fingerprint density at radius 1 is 1.13 bits per heavy atom. The molecule has 0 aromatic rings. The Kier molecular flexibility index (Phi) is 8.99. The fraction of sp³-hybridized carbons (Fsp3) is 0.783. The van der Waals surface area contributed by atoms with Gasteiger partial charge in [0, 0.05) is 19.0 Å². The zero-order valence-corrected chi connectivity index (χ0v) is 20.9. The molecule has 0 spiro atoms. The van der Waals surface area contributed by atoms with Crippen LogP contribution in [0.3, 0.4) is 0 Å². The van der Waals surface area contributed by atoms with Crippen molar-refractivity contribution in [1.29, 1.82) is 0 Å². The number of carbonyl (C=O) groups excluding carboxylic acids is 5. The average molecular weight is 555 g/mol. The molecule has 3 aliphatic rings. The number of rotatable bonds is 9. The van der Waals surface area contributed by atoms with Crippen molar-refractivity contribution in [2.75, 3.05) is 19.7 Å². The van der Waals surface area contributed by atoms with Gasteiger partial charge in [-0.25, -0.2) is 8.78 Å². The van der Waals surface area contributed by atoms with Crippen LogP contribution in [0.1, 0.15) is 46.0 Å². The molecule has 1 saturated carbocycles. The number of nitrogens with zero attached hydrogens (tertiary/aromatic N) is 1. The molecule has 214 valence electrons. The van der Waals surface area contributed by atoms with E-state index in [-0.39, 0.29) is 18.9 Å². The summed E-state index contributed by atoms with van der Waals surface area (Å²) in [5.41, 5.74) is -2.02. The minimum atomic E-state index is -5.10. The maximum atomic E-state index is 13.4. The molecule has 0 bridgehead atoms. The molecule has 5 atom stereocenters. The second-order valence-electron chi connectivity index (χ2n) is 10.5. The molecule has 2 saturated heterocycles. The van der Waals surface area contributed by atoms with E-state index in [0.717, 1.165) is 25.2 Å². The van der Waals surface area contributed by atoms with Gasteiger partial charge in [0.1, 0.15) is 12.6 Å². The number of alkyl halides is 5. The number of amides is 4. The van der Waals surface area contributed by atoms with Crippen LogP contribution in [0, 0.1) is 17.8 Å². The first-order valence-corrected chi connectivity index (χ1v) is 12.3. The van der Waals surface area contributed by atoms with Crippen molar-refractivity contribution in [3.63, 3.8) is 0 Å². The monoisotopic (exact) mass is 554 g/mol. The Labute approximate surface area is 215 Å². The van der Waals surface area contributed by atoms with Gasteiger partial charge in [0.15, 0.2) is 5.78 Å². The summed E-state index contributed by atoms with van der Waals surface area (Å²) in [6.45, 7) is 0.975. The molecular weight excluding hydrogens is 523 g/mol. The number of Topliss-reactive ketones (excluding diaryl/α,β-unsaturated/α-hetero) is 1. The summed E-state index contributed by atoms with van der Waals surface area (Å²) in [6.07, 6.45) is -6.16. The van der Waals surface area contributed by atoms with Crippen LogP contribution in [-0.4, -0.2) is 84.4 Å². The van der Waals surface area contributed by atoms with Gasteiger partial charge in [-0.2, -0.15) is 0 Å². The molecule has 3 rings (SSSR count). The highest BCUT2D eigenvalue weighted by molar-refractivity contribution is 6.35. The number of ketones is 1. The molecule has 0 radical (unpaired) electrons. The molecule has 1 aliphatic carbocycles. The smallest absolute Gasteiger partial charge is 0.356 e. The number of fused-ring (bicyclic) bond motifs is 1. The summed E-state index contributed by atoms with van der Waals surface area (Å²) in [5, 5.41) is 6.90. The van der Waals surface area contributed by atoms with Crippen LogP contribution in [0.2, 0.25) is 0 Å². The van der Waals surface area contributed by atoms with Crippen molar-refractivity contribution in [2.45, 2.75) is 76.4 Å². The molecule has 38 heavy (non-hydrogen) atoms. The third-order valence-electron chi connectivity index (χ3n) is 7.36. The Morgan fingerprint density at radius 2 is 1.82 bits per heavy atom. The number of nitrogens with one attached hydrogen (secondary N) is 3. The topological polar surface area (TPSA) is 134 Å². The van der Waals surface area contributed by atoms with E-state index in [0.29, 0.717) is 25.8 Å². The highest BCUT2D eigenvalue weighted by Gasteiger charge is 2.51. The minimum Gasteiger partial charge on any atom is -0.356 e. The summed E-state index contributed by atoms with van der Waals surface area (Å²) in [7, 11) is 0. The molecule has 2 aliphatic heterocycles. The zero-order valence-electron chi connectivity index (χ0n) is 20.9. The van der Waals surface area contributed by atoms with Gasteiger partial charge >= 0.3 is 18.2 Å². The molecule has 2 heterocycles. The number of halogens is 5. The van der Waals surface area contributed by atoms with Crippen LogP contribution >= 0.6 is 0 Å². The summed E-state index contributed by atoms with van der Waals surface area (Å²) in [6, 6.07) is -2.77.